The first-order valence-electron chi connectivity index (χ1n) is 10.4. The van der Waals surface area contributed by atoms with Gasteiger partial charge in [0.15, 0.2) is 0 Å². The second kappa shape index (κ2) is 15.1. The second-order valence-corrected chi connectivity index (χ2v) is 9.66. The van der Waals surface area contributed by atoms with Crippen molar-refractivity contribution in [3.63, 3.8) is 0 Å². The number of rotatable bonds is 14. The number of esters is 1. The molecule has 0 aliphatic heterocycles. The molecular weight excluding hydrogens is 436 g/mol. The molecule has 0 aliphatic rings. The van der Waals surface area contributed by atoms with E-state index < -0.39 is 24.8 Å². The zero-order valence-corrected chi connectivity index (χ0v) is 19.9. The lowest BCUT2D eigenvalue weighted by Gasteiger charge is -2.18. The standard InChI is InChI=1S/C22H32N2O7S/c1-5-11-23-22(28)31-21(30-20(27)14-16(2)25)9-12-29-18-8-6-7-17(15-18)24-19(26)10-13-32(3)4/h6-8,15,21H,5,9-14H2,1-4H3,(H-,23,24,26,28)/p+1. The van der Waals surface area contributed by atoms with Crippen molar-refractivity contribution in [1.82, 2.24) is 5.32 Å². The van der Waals surface area contributed by atoms with E-state index >= 15 is 0 Å². The van der Waals surface area contributed by atoms with E-state index in [2.05, 4.69) is 23.1 Å². The topological polar surface area (TPSA) is 120 Å². The van der Waals surface area contributed by atoms with Crippen molar-refractivity contribution in [2.75, 3.05) is 36.7 Å². The number of alkyl carbamates (subject to hydrolysis) is 1. The number of ether oxygens (including phenoxy) is 3. The molecule has 10 heteroatoms. The first-order chi connectivity index (χ1) is 15.2. The maximum atomic E-state index is 12.0. The largest absolute Gasteiger partial charge is 0.493 e. The lowest BCUT2D eigenvalue weighted by Crippen LogP contribution is -2.33. The molecule has 9 nitrogen and oxygen atoms in total. The van der Waals surface area contributed by atoms with Crippen molar-refractivity contribution in [1.29, 1.82) is 0 Å². The number of hydrogen-bond acceptors (Lipinski definition) is 7. The smallest absolute Gasteiger partial charge is 0.410 e. The Balaban J connectivity index is 2.61. The van der Waals surface area contributed by atoms with Crippen molar-refractivity contribution in [3.8, 4) is 5.75 Å². The van der Waals surface area contributed by atoms with Crippen molar-refractivity contribution in [3.05, 3.63) is 24.3 Å². The van der Waals surface area contributed by atoms with E-state index in [9.17, 15) is 19.2 Å². The highest BCUT2D eigenvalue weighted by molar-refractivity contribution is 7.95. The lowest BCUT2D eigenvalue weighted by molar-refractivity contribution is -0.169. The van der Waals surface area contributed by atoms with Crippen molar-refractivity contribution < 1.29 is 33.4 Å². The van der Waals surface area contributed by atoms with Gasteiger partial charge in [-0.15, -0.1) is 0 Å². The summed E-state index contributed by atoms with van der Waals surface area (Å²) in [7, 11) is 0.198. The maximum absolute atomic E-state index is 12.0. The Kier molecular flexibility index (Phi) is 12.9. The van der Waals surface area contributed by atoms with Crippen molar-refractivity contribution in [2.45, 2.75) is 45.8 Å². The summed E-state index contributed by atoms with van der Waals surface area (Å²) in [5, 5.41) is 5.36. The van der Waals surface area contributed by atoms with Gasteiger partial charge in [0, 0.05) is 18.3 Å². The molecule has 0 saturated heterocycles. The van der Waals surface area contributed by atoms with E-state index in [0.29, 0.717) is 24.4 Å². The minimum atomic E-state index is -1.20. The molecule has 0 aliphatic carbocycles. The molecule has 32 heavy (non-hydrogen) atoms. The number of carbonyl (C=O) groups is 4. The highest BCUT2D eigenvalue weighted by Crippen LogP contribution is 2.18. The third kappa shape index (κ3) is 12.8. The average Bonchev–Trinajstić information content (AvgIpc) is 2.70. The summed E-state index contributed by atoms with van der Waals surface area (Å²) in [5.74, 6) is 0.133. The van der Waals surface area contributed by atoms with E-state index in [1.807, 2.05) is 6.92 Å². The monoisotopic (exact) mass is 469 g/mol. The molecule has 2 amide bonds. The molecule has 0 saturated carbocycles. The number of hydrogen-bond donors (Lipinski definition) is 2. The minimum Gasteiger partial charge on any atom is -0.493 e. The fourth-order valence-electron chi connectivity index (χ4n) is 2.38. The summed E-state index contributed by atoms with van der Waals surface area (Å²) in [6, 6.07) is 6.90. The molecule has 2 N–H and O–H groups in total. The van der Waals surface area contributed by atoms with Crippen LogP contribution in [0.2, 0.25) is 0 Å². The van der Waals surface area contributed by atoms with E-state index in [4.69, 9.17) is 14.2 Å². The number of nitrogens with one attached hydrogen (secondary N) is 2. The van der Waals surface area contributed by atoms with Crippen molar-refractivity contribution in [2.24, 2.45) is 0 Å². The molecule has 1 atom stereocenters. The van der Waals surface area contributed by atoms with Gasteiger partial charge in [0.25, 0.3) is 6.29 Å². The number of anilines is 1. The van der Waals surface area contributed by atoms with Crippen molar-refractivity contribution >= 4 is 40.3 Å². The Morgan fingerprint density at radius 2 is 1.88 bits per heavy atom. The van der Waals surface area contributed by atoms with Crippen LogP contribution in [0.1, 0.15) is 39.5 Å². The van der Waals surface area contributed by atoms with Crippen LogP contribution >= 0.6 is 0 Å². The Bertz CT molecular complexity index is 770. The molecular formula is C22H33N2O7S+. The Morgan fingerprint density at radius 1 is 1.12 bits per heavy atom. The number of amides is 2. The van der Waals surface area contributed by atoms with Gasteiger partial charge in [-0.2, -0.15) is 0 Å². The van der Waals surface area contributed by atoms with Crippen LogP contribution in [0, 0.1) is 0 Å². The molecule has 1 aromatic carbocycles. The summed E-state index contributed by atoms with van der Waals surface area (Å²) in [6.07, 6.45) is 3.08. The molecule has 1 aromatic rings. The van der Waals surface area contributed by atoms with Gasteiger partial charge in [-0.1, -0.05) is 13.0 Å². The predicted molar refractivity (Wildman–Crippen MR) is 124 cm³/mol. The third-order valence-electron chi connectivity index (χ3n) is 3.89. The van der Waals surface area contributed by atoms with E-state index in [1.54, 1.807) is 24.3 Å². The van der Waals surface area contributed by atoms with Crippen LogP contribution in [0.15, 0.2) is 24.3 Å². The van der Waals surface area contributed by atoms with Crippen LogP contribution in [0.25, 0.3) is 0 Å². The molecule has 0 fully saturated rings. The summed E-state index contributed by atoms with van der Waals surface area (Å²) in [6.45, 7) is 3.65. The number of ketones is 1. The first kappa shape index (κ1) is 27.3. The molecule has 0 aromatic heterocycles. The highest BCUT2D eigenvalue weighted by Gasteiger charge is 2.20. The minimum absolute atomic E-state index is 0.0627. The number of Topliss-reactive ketones (excluding diaryl/α,β-unsaturated/α-hetero) is 1. The van der Waals surface area contributed by atoms with E-state index in [-0.39, 0.29) is 35.6 Å². The molecule has 0 bridgehead atoms. The second-order valence-electron chi connectivity index (χ2n) is 7.28. The lowest BCUT2D eigenvalue weighted by atomic mass is 10.3. The fourth-order valence-corrected chi connectivity index (χ4v) is 2.97. The van der Waals surface area contributed by atoms with Crippen LogP contribution < -0.4 is 15.4 Å². The SMILES string of the molecule is CCCNC(=O)OC(CCOc1cccc(NC(=O)CC[S+](C)C)c1)OC(=O)CC(C)=O. The number of benzene rings is 1. The zero-order chi connectivity index (χ0) is 23.9. The van der Waals surface area contributed by atoms with Crippen LogP contribution in [0.5, 0.6) is 5.75 Å². The van der Waals surface area contributed by atoms with Crippen LogP contribution in [0.3, 0.4) is 0 Å². The normalized spacial score (nSPS) is 11.4. The van der Waals surface area contributed by atoms with Crippen LogP contribution in [-0.2, 0) is 34.8 Å². The van der Waals surface area contributed by atoms with Gasteiger partial charge in [0.05, 0.1) is 32.0 Å². The molecule has 0 radical (unpaired) electrons. The van der Waals surface area contributed by atoms with Gasteiger partial charge in [0.1, 0.15) is 23.7 Å². The summed E-state index contributed by atoms with van der Waals surface area (Å²) < 4.78 is 15.9. The zero-order valence-electron chi connectivity index (χ0n) is 19.1. The average molecular weight is 470 g/mol. The first-order valence-corrected chi connectivity index (χ1v) is 12.6. The van der Waals surface area contributed by atoms with Crippen LogP contribution in [0.4, 0.5) is 10.5 Å². The van der Waals surface area contributed by atoms with E-state index in [0.717, 1.165) is 12.2 Å². The van der Waals surface area contributed by atoms with Gasteiger partial charge in [-0.3, -0.25) is 14.4 Å². The van der Waals surface area contributed by atoms with Gasteiger partial charge in [0.2, 0.25) is 5.91 Å². The quantitative estimate of drug-likeness (QED) is 0.186. The fraction of sp³-hybridized carbons (Fsp3) is 0.545. The highest BCUT2D eigenvalue weighted by atomic mass is 32.2. The maximum Gasteiger partial charge on any atom is 0.410 e. The summed E-state index contributed by atoms with van der Waals surface area (Å²) in [5.41, 5.74) is 0.610. The van der Waals surface area contributed by atoms with Gasteiger partial charge in [-0.25, -0.2) is 4.79 Å². The number of carbonyl (C=O) groups excluding carboxylic acids is 4. The molecule has 0 spiro atoms. The molecule has 1 unspecified atom stereocenters. The van der Waals surface area contributed by atoms with Gasteiger partial charge < -0.3 is 24.8 Å². The Hall–Kier alpha value is -2.75. The molecule has 0 heterocycles. The van der Waals surface area contributed by atoms with Gasteiger partial charge in [-0.05, 0) is 36.4 Å². The third-order valence-corrected chi connectivity index (χ3v) is 4.91. The van der Waals surface area contributed by atoms with E-state index in [1.165, 1.54) is 6.92 Å². The molecule has 1 rings (SSSR count). The van der Waals surface area contributed by atoms with Crippen LogP contribution in [-0.4, -0.2) is 61.5 Å². The van der Waals surface area contributed by atoms with Gasteiger partial charge >= 0.3 is 12.1 Å². The summed E-state index contributed by atoms with van der Waals surface area (Å²) >= 11 is 0. The Labute approximate surface area is 191 Å². The Morgan fingerprint density at radius 3 is 2.53 bits per heavy atom. The molecule has 178 valence electrons. The predicted octanol–water partition coefficient (Wildman–Crippen LogP) is 2.65. The summed E-state index contributed by atoms with van der Waals surface area (Å²) in [4.78, 5) is 46.7.